The van der Waals surface area contributed by atoms with Gasteiger partial charge >= 0.3 is 0 Å². The number of rotatable bonds is 4. The fourth-order valence-corrected chi connectivity index (χ4v) is 3.27. The molecule has 6 nitrogen and oxygen atoms in total. The van der Waals surface area contributed by atoms with Gasteiger partial charge in [-0.1, -0.05) is 23.7 Å². The third kappa shape index (κ3) is 4.15. The number of H-pyrrole nitrogens is 1. The molecule has 2 rings (SSSR count). The van der Waals surface area contributed by atoms with Crippen molar-refractivity contribution in [2.24, 2.45) is 0 Å². The third-order valence-electron chi connectivity index (χ3n) is 2.67. The van der Waals surface area contributed by atoms with Gasteiger partial charge < -0.3 is 0 Å². The van der Waals surface area contributed by atoms with Crippen LogP contribution in [-0.2, 0) is 21.3 Å². The molecule has 21 heavy (non-hydrogen) atoms. The van der Waals surface area contributed by atoms with E-state index in [1.165, 1.54) is 12.1 Å². The van der Waals surface area contributed by atoms with Crippen LogP contribution in [0.4, 0.5) is 0 Å². The van der Waals surface area contributed by atoms with E-state index in [1.807, 2.05) is 6.07 Å². The summed E-state index contributed by atoms with van der Waals surface area (Å²) >= 11 is 5.55. The Morgan fingerprint density at radius 2 is 1.90 bits per heavy atom. The highest BCUT2D eigenvalue weighted by atomic mass is 35.5. The number of aromatic nitrogens is 2. The molecule has 108 valence electrons. The van der Waals surface area contributed by atoms with E-state index in [1.54, 1.807) is 12.1 Å². The molecule has 1 aromatic heterocycles. The van der Waals surface area contributed by atoms with Crippen molar-refractivity contribution in [1.29, 1.82) is 5.26 Å². The first-order valence-corrected chi connectivity index (χ1v) is 8.03. The molecule has 0 saturated heterocycles. The molecule has 0 atom stereocenters. The SMILES string of the molecule is N#Cc1ccc(CS(=O)(=O)Cc2n[nH]c(Cl)cc2=O)cc1. The van der Waals surface area contributed by atoms with Gasteiger partial charge in [0.15, 0.2) is 9.84 Å². The van der Waals surface area contributed by atoms with Crippen molar-refractivity contribution in [3.8, 4) is 6.07 Å². The van der Waals surface area contributed by atoms with Crippen LogP contribution in [0.3, 0.4) is 0 Å². The summed E-state index contributed by atoms with van der Waals surface area (Å²) in [7, 11) is -3.55. The fraction of sp³-hybridized carbons (Fsp3) is 0.154. The van der Waals surface area contributed by atoms with Crippen molar-refractivity contribution >= 4 is 21.4 Å². The smallest absolute Gasteiger partial charge is 0.205 e. The zero-order chi connectivity index (χ0) is 15.5. The minimum atomic E-state index is -3.55. The molecule has 1 aromatic carbocycles. The van der Waals surface area contributed by atoms with Gasteiger partial charge in [0.1, 0.15) is 10.8 Å². The van der Waals surface area contributed by atoms with Gasteiger partial charge in [-0.15, -0.1) is 0 Å². The lowest BCUT2D eigenvalue weighted by atomic mass is 10.2. The molecule has 1 N–H and O–H groups in total. The highest BCUT2D eigenvalue weighted by Gasteiger charge is 2.16. The predicted molar refractivity (Wildman–Crippen MR) is 77.4 cm³/mol. The van der Waals surface area contributed by atoms with Crippen molar-refractivity contribution in [2.75, 3.05) is 0 Å². The summed E-state index contributed by atoms with van der Waals surface area (Å²) in [4.78, 5) is 11.6. The average molecular weight is 324 g/mol. The van der Waals surface area contributed by atoms with Gasteiger partial charge in [0.25, 0.3) is 0 Å². The van der Waals surface area contributed by atoms with Crippen LogP contribution in [0.5, 0.6) is 0 Å². The number of sulfone groups is 1. The first kappa shape index (κ1) is 15.2. The zero-order valence-electron chi connectivity index (χ0n) is 10.7. The van der Waals surface area contributed by atoms with Gasteiger partial charge in [0.2, 0.25) is 5.43 Å². The number of halogens is 1. The van der Waals surface area contributed by atoms with E-state index in [0.29, 0.717) is 11.1 Å². The number of nitrogens with zero attached hydrogens (tertiary/aromatic N) is 2. The van der Waals surface area contributed by atoms with Gasteiger partial charge in [-0.05, 0) is 17.7 Å². The summed E-state index contributed by atoms with van der Waals surface area (Å²) in [5.41, 5.74) is 0.363. The van der Waals surface area contributed by atoms with Crippen molar-refractivity contribution < 1.29 is 8.42 Å². The van der Waals surface area contributed by atoms with E-state index in [2.05, 4.69) is 10.2 Å². The maximum atomic E-state index is 12.1. The van der Waals surface area contributed by atoms with E-state index >= 15 is 0 Å². The predicted octanol–water partition coefficient (Wildman–Crippen LogP) is 1.41. The molecule has 0 fully saturated rings. The highest BCUT2D eigenvalue weighted by molar-refractivity contribution is 7.89. The summed E-state index contributed by atoms with van der Waals surface area (Å²) in [6, 6.07) is 9.25. The standard InChI is InChI=1S/C13H10ClN3O3S/c14-13-5-12(18)11(16-17-13)8-21(19,20)7-10-3-1-9(6-15)2-4-10/h1-5H,7-8H2,(H,17,18). The van der Waals surface area contributed by atoms with Crippen LogP contribution in [0.15, 0.2) is 35.1 Å². The van der Waals surface area contributed by atoms with Gasteiger partial charge in [0, 0.05) is 6.07 Å². The Bertz CT molecular complexity index is 851. The van der Waals surface area contributed by atoms with Crippen LogP contribution in [0.25, 0.3) is 0 Å². The van der Waals surface area contributed by atoms with Crippen LogP contribution < -0.4 is 5.43 Å². The molecular formula is C13H10ClN3O3S. The minimum absolute atomic E-state index is 0.0493. The second-order valence-corrected chi connectivity index (χ2v) is 6.84. The van der Waals surface area contributed by atoms with Gasteiger partial charge in [-0.2, -0.15) is 10.4 Å². The lowest BCUT2D eigenvalue weighted by molar-refractivity contribution is 0.593. The first-order valence-electron chi connectivity index (χ1n) is 5.83. The fourth-order valence-electron chi connectivity index (χ4n) is 1.70. The molecule has 1 heterocycles. The summed E-state index contributed by atoms with van der Waals surface area (Å²) in [6.45, 7) is 0. The number of nitriles is 1. The van der Waals surface area contributed by atoms with Crippen LogP contribution in [0.1, 0.15) is 16.8 Å². The monoisotopic (exact) mass is 323 g/mol. The molecule has 0 radical (unpaired) electrons. The van der Waals surface area contributed by atoms with Crippen LogP contribution >= 0.6 is 11.6 Å². The maximum absolute atomic E-state index is 12.1. The summed E-state index contributed by atoms with van der Waals surface area (Å²) in [5, 5.41) is 14.7. The van der Waals surface area contributed by atoms with E-state index in [4.69, 9.17) is 16.9 Å². The van der Waals surface area contributed by atoms with E-state index in [9.17, 15) is 13.2 Å². The molecule has 0 amide bonds. The van der Waals surface area contributed by atoms with Crippen molar-refractivity contribution in [3.05, 3.63) is 62.5 Å². The molecule has 0 unspecified atom stereocenters. The summed E-state index contributed by atoms with van der Waals surface area (Å²) < 4.78 is 24.1. The van der Waals surface area contributed by atoms with E-state index in [0.717, 1.165) is 6.07 Å². The Morgan fingerprint density at radius 3 is 2.48 bits per heavy atom. The third-order valence-corrected chi connectivity index (χ3v) is 4.35. The Balaban J connectivity index is 2.18. The van der Waals surface area contributed by atoms with Crippen LogP contribution in [-0.4, -0.2) is 18.6 Å². The molecule has 0 saturated carbocycles. The quantitative estimate of drug-likeness (QED) is 0.916. The molecule has 0 aliphatic heterocycles. The Kier molecular flexibility index (Phi) is 4.40. The normalized spacial score (nSPS) is 11.0. The van der Waals surface area contributed by atoms with Gasteiger partial charge in [-0.25, -0.2) is 8.42 Å². The zero-order valence-corrected chi connectivity index (χ0v) is 12.3. The molecule has 2 aromatic rings. The lowest BCUT2D eigenvalue weighted by Gasteiger charge is -2.04. The summed E-state index contributed by atoms with van der Waals surface area (Å²) in [5.74, 6) is -0.706. The second kappa shape index (κ2) is 6.08. The molecule has 0 aliphatic rings. The molecule has 0 aliphatic carbocycles. The number of nitrogens with one attached hydrogen (secondary N) is 1. The average Bonchev–Trinajstić information content (AvgIpc) is 2.42. The Hall–Kier alpha value is -2.17. The minimum Gasteiger partial charge on any atom is -0.288 e. The van der Waals surface area contributed by atoms with E-state index in [-0.39, 0.29) is 16.6 Å². The number of hydrogen-bond donors (Lipinski definition) is 1. The Labute approximate surface area is 125 Å². The number of aromatic amines is 1. The van der Waals surface area contributed by atoms with E-state index < -0.39 is 21.0 Å². The molecule has 0 bridgehead atoms. The second-order valence-electron chi connectivity index (χ2n) is 4.37. The van der Waals surface area contributed by atoms with Crippen molar-refractivity contribution in [3.63, 3.8) is 0 Å². The summed E-state index contributed by atoms with van der Waals surface area (Å²) in [6.07, 6.45) is 0. The number of hydrogen-bond acceptors (Lipinski definition) is 5. The molecular weight excluding hydrogens is 314 g/mol. The van der Waals surface area contributed by atoms with Crippen LogP contribution in [0.2, 0.25) is 5.15 Å². The van der Waals surface area contributed by atoms with Crippen molar-refractivity contribution in [2.45, 2.75) is 11.5 Å². The molecule has 8 heteroatoms. The Morgan fingerprint density at radius 1 is 1.24 bits per heavy atom. The first-order chi connectivity index (χ1) is 9.89. The lowest BCUT2D eigenvalue weighted by Crippen LogP contribution is -2.18. The van der Waals surface area contributed by atoms with Gasteiger partial charge in [0.05, 0.1) is 23.1 Å². The highest BCUT2D eigenvalue weighted by Crippen LogP contribution is 2.11. The van der Waals surface area contributed by atoms with Gasteiger partial charge in [-0.3, -0.25) is 9.89 Å². The largest absolute Gasteiger partial charge is 0.288 e. The van der Waals surface area contributed by atoms with Crippen molar-refractivity contribution in [1.82, 2.24) is 10.2 Å². The number of benzene rings is 1. The maximum Gasteiger partial charge on any atom is 0.205 e. The van der Waals surface area contributed by atoms with Crippen LogP contribution in [0, 0.1) is 11.3 Å². The topological polar surface area (TPSA) is 104 Å². The molecule has 0 spiro atoms.